The van der Waals surface area contributed by atoms with Crippen molar-refractivity contribution in [2.24, 2.45) is 0 Å². The van der Waals surface area contributed by atoms with E-state index in [4.69, 9.17) is 10.7 Å². The Labute approximate surface area is 219 Å². The standard InChI is InChI=1S/C28H29N7.C2H6/c1-3-7-19(2)34-14-12-21(13-15-34)26-23(16-29)27(30)35-28(33-26)24(18-32-35)22-10-11-25(31-17-22)20-8-5-4-6-9-20;1-2/h4-6,8-11,17-18,21H,2-3,7,12-15,30H2,1H3;1-2H3. The number of aromatic nitrogens is 4. The van der Waals surface area contributed by atoms with Gasteiger partial charge in [0, 0.05) is 47.6 Å². The van der Waals surface area contributed by atoms with E-state index in [9.17, 15) is 5.26 Å². The average molecular weight is 494 g/mol. The Balaban J connectivity index is 0.00000156. The maximum atomic E-state index is 9.92. The third-order valence-corrected chi connectivity index (χ3v) is 6.83. The molecule has 3 aromatic heterocycles. The number of allylic oxidation sites excluding steroid dienone is 1. The molecule has 0 spiro atoms. The Hall–Kier alpha value is -4.18. The van der Waals surface area contributed by atoms with Crippen molar-refractivity contribution in [3.05, 3.63) is 78.4 Å². The molecule has 4 aromatic rings. The minimum absolute atomic E-state index is 0.170. The first-order valence-corrected chi connectivity index (χ1v) is 13.1. The second kappa shape index (κ2) is 11.7. The molecule has 0 saturated carbocycles. The molecule has 1 aliphatic rings. The Morgan fingerprint density at radius 1 is 1.08 bits per heavy atom. The van der Waals surface area contributed by atoms with E-state index in [0.29, 0.717) is 17.0 Å². The van der Waals surface area contributed by atoms with Crippen molar-refractivity contribution in [2.45, 2.75) is 52.4 Å². The molecular formula is C30H35N7. The van der Waals surface area contributed by atoms with E-state index in [2.05, 4.69) is 34.6 Å². The highest BCUT2D eigenvalue weighted by Crippen LogP contribution is 2.35. The van der Waals surface area contributed by atoms with Gasteiger partial charge in [-0.25, -0.2) is 4.98 Å². The minimum Gasteiger partial charge on any atom is -0.382 e. The molecule has 4 heterocycles. The number of nitrogen functional groups attached to an aromatic ring is 1. The molecule has 0 aliphatic carbocycles. The third-order valence-electron chi connectivity index (χ3n) is 6.83. The molecule has 7 heteroatoms. The Morgan fingerprint density at radius 2 is 1.81 bits per heavy atom. The van der Waals surface area contributed by atoms with Gasteiger partial charge in [-0.3, -0.25) is 4.98 Å². The number of hydrogen-bond acceptors (Lipinski definition) is 6. The molecule has 0 radical (unpaired) electrons. The van der Waals surface area contributed by atoms with Crippen LogP contribution in [0.3, 0.4) is 0 Å². The molecule has 7 nitrogen and oxygen atoms in total. The first-order valence-electron chi connectivity index (χ1n) is 13.1. The fourth-order valence-corrected chi connectivity index (χ4v) is 4.90. The van der Waals surface area contributed by atoms with Gasteiger partial charge in [-0.2, -0.15) is 14.9 Å². The van der Waals surface area contributed by atoms with Crippen molar-refractivity contribution >= 4 is 11.5 Å². The van der Waals surface area contributed by atoms with E-state index < -0.39 is 0 Å². The van der Waals surface area contributed by atoms with E-state index in [1.54, 1.807) is 10.7 Å². The fraction of sp³-hybridized carbons (Fsp3) is 0.333. The van der Waals surface area contributed by atoms with E-state index in [0.717, 1.165) is 66.9 Å². The quantitative estimate of drug-likeness (QED) is 0.332. The van der Waals surface area contributed by atoms with Crippen LogP contribution in [0, 0.1) is 11.3 Å². The number of fused-ring (bicyclic) bond motifs is 1. The summed E-state index contributed by atoms with van der Waals surface area (Å²) in [5, 5.41) is 14.4. The van der Waals surface area contributed by atoms with Crippen LogP contribution in [0.5, 0.6) is 0 Å². The van der Waals surface area contributed by atoms with Crippen LogP contribution in [0.25, 0.3) is 28.0 Å². The largest absolute Gasteiger partial charge is 0.382 e. The minimum atomic E-state index is 0.170. The van der Waals surface area contributed by atoms with Gasteiger partial charge in [0.15, 0.2) is 5.65 Å². The number of piperidine rings is 1. The van der Waals surface area contributed by atoms with Crippen molar-refractivity contribution in [1.82, 2.24) is 24.5 Å². The SMILES string of the molecule is C=C(CCC)N1CCC(c2nc3c(-c4ccc(-c5ccccc5)nc4)cnn3c(N)c2C#N)CC1.CC. The number of benzene rings is 1. The van der Waals surface area contributed by atoms with Crippen molar-refractivity contribution in [1.29, 1.82) is 5.26 Å². The Bertz CT molecular complexity index is 1390. The predicted octanol–water partition coefficient (Wildman–Crippen LogP) is 6.43. The molecule has 2 N–H and O–H groups in total. The molecular weight excluding hydrogens is 458 g/mol. The summed E-state index contributed by atoms with van der Waals surface area (Å²) in [7, 11) is 0. The van der Waals surface area contributed by atoms with Crippen LogP contribution in [-0.2, 0) is 0 Å². The molecule has 1 aliphatic heterocycles. The summed E-state index contributed by atoms with van der Waals surface area (Å²) in [5.74, 6) is 0.509. The van der Waals surface area contributed by atoms with Gasteiger partial charge < -0.3 is 10.6 Å². The number of likely N-dealkylation sites (tertiary alicyclic amines) is 1. The van der Waals surface area contributed by atoms with Gasteiger partial charge in [-0.15, -0.1) is 0 Å². The van der Waals surface area contributed by atoms with Crippen LogP contribution in [0.1, 0.15) is 63.6 Å². The van der Waals surface area contributed by atoms with Crippen LogP contribution in [0.4, 0.5) is 5.82 Å². The van der Waals surface area contributed by atoms with Gasteiger partial charge in [0.25, 0.3) is 0 Å². The molecule has 190 valence electrons. The molecule has 1 saturated heterocycles. The van der Waals surface area contributed by atoms with Crippen LogP contribution in [0.2, 0.25) is 0 Å². The monoisotopic (exact) mass is 493 g/mol. The molecule has 0 amide bonds. The van der Waals surface area contributed by atoms with E-state index in [1.165, 1.54) is 5.70 Å². The highest BCUT2D eigenvalue weighted by atomic mass is 15.3. The van der Waals surface area contributed by atoms with Crippen molar-refractivity contribution in [3.8, 4) is 28.5 Å². The van der Waals surface area contributed by atoms with Crippen LogP contribution in [-0.4, -0.2) is 37.6 Å². The smallest absolute Gasteiger partial charge is 0.165 e. The lowest BCUT2D eigenvalue weighted by Gasteiger charge is -2.35. The number of nitrogens with zero attached hydrogens (tertiary/aromatic N) is 6. The summed E-state index contributed by atoms with van der Waals surface area (Å²) < 4.78 is 1.57. The molecule has 0 unspecified atom stereocenters. The summed E-state index contributed by atoms with van der Waals surface area (Å²) >= 11 is 0. The number of hydrogen-bond donors (Lipinski definition) is 1. The molecule has 0 atom stereocenters. The summed E-state index contributed by atoms with van der Waals surface area (Å²) in [4.78, 5) is 12.0. The molecule has 0 bridgehead atoms. The van der Waals surface area contributed by atoms with E-state index in [-0.39, 0.29) is 5.92 Å². The first-order chi connectivity index (χ1) is 18.1. The number of nitrogens with two attached hydrogens (primary N) is 1. The number of nitriles is 1. The number of pyridine rings is 1. The van der Waals surface area contributed by atoms with E-state index >= 15 is 0 Å². The zero-order valence-corrected chi connectivity index (χ0v) is 22.0. The molecule has 1 fully saturated rings. The number of anilines is 1. The number of rotatable bonds is 6. The van der Waals surface area contributed by atoms with Crippen LogP contribution < -0.4 is 5.73 Å². The highest BCUT2D eigenvalue weighted by Gasteiger charge is 2.27. The summed E-state index contributed by atoms with van der Waals surface area (Å²) in [5.41, 5.74) is 13.2. The lowest BCUT2D eigenvalue weighted by Crippen LogP contribution is -2.32. The second-order valence-corrected chi connectivity index (χ2v) is 9.04. The van der Waals surface area contributed by atoms with Gasteiger partial charge in [0.05, 0.1) is 17.6 Å². The predicted molar refractivity (Wildman–Crippen MR) is 150 cm³/mol. The van der Waals surface area contributed by atoms with Crippen molar-refractivity contribution in [2.75, 3.05) is 18.8 Å². The topological polar surface area (TPSA) is 96.1 Å². The summed E-state index contributed by atoms with van der Waals surface area (Å²) in [6, 6.07) is 16.4. The normalized spacial score (nSPS) is 13.6. The zero-order valence-electron chi connectivity index (χ0n) is 22.0. The van der Waals surface area contributed by atoms with Gasteiger partial charge in [-0.1, -0.05) is 70.2 Å². The lowest BCUT2D eigenvalue weighted by atomic mass is 9.90. The first kappa shape index (κ1) is 25.9. The second-order valence-electron chi connectivity index (χ2n) is 9.04. The van der Waals surface area contributed by atoms with Gasteiger partial charge in [-0.05, 0) is 25.3 Å². The van der Waals surface area contributed by atoms with Crippen LogP contribution >= 0.6 is 0 Å². The maximum Gasteiger partial charge on any atom is 0.165 e. The molecule has 37 heavy (non-hydrogen) atoms. The summed E-state index contributed by atoms with van der Waals surface area (Å²) in [6.07, 6.45) is 7.53. The van der Waals surface area contributed by atoms with Crippen LogP contribution in [0.15, 0.2) is 67.1 Å². The van der Waals surface area contributed by atoms with Gasteiger partial charge in [0.1, 0.15) is 17.5 Å². The Morgan fingerprint density at radius 3 is 2.43 bits per heavy atom. The molecule has 5 rings (SSSR count). The van der Waals surface area contributed by atoms with E-state index in [1.807, 2.05) is 62.5 Å². The average Bonchev–Trinajstić information content (AvgIpc) is 3.39. The fourth-order valence-electron chi connectivity index (χ4n) is 4.90. The van der Waals surface area contributed by atoms with Gasteiger partial charge in [0.2, 0.25) is 0 Å². The maximum absolute atomic E-state index is 9.92. The van der Waals surface area contributed by atoms with Gasteiger partial charge >= 0.3 is 0 Å². The third kappa shape index (κ3) is 5.19. The zero-order chi connectivity index (χ0) is 26.4. The Kier molecular flexibility index (Phi) is 8.19. The molecule has 1 aromatic carbocycles. The highest BCUT2D eigenvalue weighted by molar-refractivity contribution is 5.79. The summed E-state index contributed by atoms with van der Waals surface area (Å²) in [6.45, 7) is 12.2. The van der Waals surface area contributed by atoms with Crippen molar-refractivity contribution in [3.63, 3.8) is 0 Å². The van der Waals surface area contributed by atoms with Crippen molar-refractivity contribution < 1.29 is 0 Å². The lowest BCUT2D eigenvalue weighted by molar-refractivity contribution is 0.254.